The number of benzene rings is 1. The summed E-state index contributed by atoms with van der Waals surface area (Å²) in [6, 6.07) is 11.2. The summed E-state index contributed by atoms with van der Waals surface area (Å²) in [6.07, 6.45) is 4.48. The smallest absolute Gasteiger partial charge is 0.416 e. The van der Waals surface area contributed by atoms with E-state index in [-0.39, 0.29) is 30.2 Å². The van der Waals surface area contributed by atoms with Crippen LogP contribution in [0.25, 0.3) is 0 Å². The van der Waals surface area contributed by atoms with E-state index in [4.69, 9.17) is 14.5 Å². The number of ether oxygens (including phenoxy) is 2. The highest BCUT2D eigenvalue weighted by Crippen LogP contribution is 2.28. The number of esters is 1. The van der Waals surface area contributed by atoms with Crippen LogP contribution in [0.3, 0.4) is 0 Å². The molecule has 202 valence electrons. The summed E-state index contributed by atoms with van der Waals surface area (Å²) in [5.41, 5.74) is 2.43. The number of carbonyl (C=O) groups excluding carboxylic acids is 2. The van der Waals surface area contributed by atoms with Crippen LogP contribution in [0.15, 0.2) is 36.4 Å². The molecule has 1 aromatic heterocycles. The minimum atomic E-state index is -0.547. The van der Waals surface area contributed by atoms with Gasteiger partial charge in [0.15, 0.2) is 0 Å². The van der Waals surface area contributed by atoms with Crippen LogP contribution in [0.5, 0.6) is 5.75 Å². The number of nitrogens with zero attached hydrogens (tertiary/aromatic N) is 3. The first kappa shape index (κ1) is 28.4. The summed E-state index contributed by atoms with van der Waals surface area (Å²) in [6.45, 7) is 7.79. The number of anilines is 1. The second kappa shape index (κ2) is 12.9. The molecule has 0 spiro atoms. The van der Waals surface area contributed by atoms with E-state index in [1.807, 2.05) is 33.9 Å². The molecule has 0 bridgehead atoms. The molecule has 0 aliphatic carbocycles. The van der Waals surface area contributed by atoms with Gasteiger partial charge in [-0.2, -0.15) is 0 Å². The molecule has 2 aromatic rings. The fourth-order valence-corrected chi connectivity index (χ4v) is 4.62. The molecule has 0 saturated heterocycles. The Kier molecular flexibility index (Phi) is 9.92. The maximum atomic E-state index is 12.7. The zero-order chi connectivity index (χ0) is 27.0. The number of aryl methyl sites for hydroxylation is 2. The van der Waals surface area contributed by atoms with Crippen molar-refractivity contribution in [1.29, 1.82) is 0 Å². The monoisotopic (exact) mass is 511 g/mol. The molecule has 1 N–H and O–H groups in total. The zero-order valence-corrected chi connectivity index (χ0v) is 22.8. The van der Waals surface area contributed by atoms with Crippen LogP contribution in [0.1, 0.15) is 69.2 Å². The number of hydrogen-bond acceptors (Lipinski definition) is 7. The number of aromatic nitrogens is 1. The molecule has 0 saturated carbocycles. The van der Waals surface area contributed by atoms with E-state index in [2.05, 4.69) is 17.0 Å². The minimum absolute atomic E-state index is 0.0642. The van der Waals surface area contributed by atoms with Crippen LogP contribution in [0.2, 0.25) is 0 Å². The molecule has 8 heteroatoms. The Hall–Kier alpha value is -3.13. The van der Waals surface area contributed by atoms with Crippen LogP contribution in [0, 0.1) is 0 Å². The Morgan fingerprint density at radius 2 is 1.97 bits per heavy atom. The molecule has 0 unspecified atom stereocenters. The van der Waals surface area contributed by atoms with Crippen molar-refractivity contribution in [1.82, 2.24) is 9.88 Å². The highest BCUT2D eigenvalue weighted by molar-refractivity contribution is 5.88. The maximum Gasteiger partial charge on any atom is 0.416 e. The molecule has 1 amide bonds. The number of fused-ring (bicyclic) bond motifs is 1. The summed E-state index contributed by atoms with van der Waals surface area (Å²) in [4.78, 5) is 33.4. The Balaban J connectivity index is 1.54. The second-order valence-electron chi connectivity index (χ2n) is 10.8. The third-order valence-electron chi connectivity index (χ3n) is 6.45. The van der Waals surface area contributed by atoms with E-state index in [9.17, 15) is 14.7 Å². The molecule has 3 rings (SSSR count). The van der Waals surface area contributed by atoms with Gasteiger partial charge in [-0.05, 0) is 95.8 Å². The van der Waals surface area contributed by atoms with Crippen molar-refractivity contribution < 1.29 is 24.2 Å². The zero-order valence-electron chi connectivity index (χ0n) is 22.8. The van der Waals surface area contributed by atoms with Crippen molar-refractivity contribution >= 4 is 17.9 Å². The van der Waals surface area contributed by atoms with E-state index in [0.717, 1.165) is 61.3 Å². The Morgan fingerprint density at radius 1 is 1.19 bits per heavy atom. The molecule has 0 fully saturated rings. The lowest BCUT2D eigenvalue weighted by atomic mass is 9.95. The van der Waals surface area contributed by atoms with E-state index in [0.29, 0.717) is 13.1 Å². The maximum absolute atomic E-state index is 12.7. The van der Waals surface area contributed by atoms with Crippen molar-refractivity contribution in [3.05, 3.63) is 53.2 Å². The lowest BCUT2D eigenvalue weighted by Gasteiger charge is -2.31. The molecule has 1 aliphatic heterocycles. The molecule has 2 heterocycles. The normalized spacial score (nSPS) is 14.3. The van der Waals surface area contributed by atoms with E-state index < -0.39 is 5.60 Å². The summed E-state index contributed by atoms with van der Waals surface area (Å²) in [7, 11) is 3.44. The minimum Gasteiger partial charge on any atom is -0.508 e. The van der Waals surface area contributed by atoms with Gasteiger partial charge in [0, 0.05) is 24.7 Å². The molecule has 37 heavy (non-hydrogen) atoms. The number of pyridine rings is 1. The summed E-state index contributed by atoms with van der Waals surface area (Å²) >= 11 is 0. The fourth-order valence-electron chi connectivity index (χ4n) is 4.62. The summed E-state index contributed by atoms with van der Waals surface area (Å²) in [5, 5.41) is 9.87. The number of unbranched alkanes of at least 4 members (excludes halogenated alkanes) is 1. The van der Waals surface area contributed by atoms with Crippen LogP contribution >= 0.6 is 0 Å². The van der Waals surface area contributed by atoms with Gasteiger partial charge in [-0.15, -0.1) is 0 Å². The van der Waals surface area contributed by atoms with Crippen molar-refractivity contribution in [2.75, 3.05) is 38.7 Å². The average molecular weight is 512 g/mol. The third kappa shape index (κ3) is 8.74. The van der Waals surface area contributed by atoms with Crippen molar-refractivity contribution in [2.24, 2.45) is 0 Å². The van der Waals surface area contributed by atoms with Crippen LogP contribution in [0.4, 0.5) is 10.6 Å². The van der Waals surface area contributed by atoms with Gasteiger partial charge >= 0.3 is 12.1 Å². The van der Waals surface area contributed by atoms with Gasteiger partial charge in [0.25, 0.3) is 0 Å². The number of carbonyl (C=O) groups is 2. The molecule has 1 aromatic carbocycles. The predicted octanol–water partition coefficient (Wildman–Crippen LogP) is 5.08. The topological polar surface area (TPSA) is 92.2 Å². The Bertz CT molecular complexity index is 1070. The van der Waals surface area contributed by atoms with Crippen molar-refractivity contribution in [2.45, 2.75) is 70.8 Å². The van der Waals surface area contributed by atoms with Gasteiger partial charge in [0.1, 0.15) is 17.2 Å². The largest absolute Gasteiger partial charge is 0.508 e. The first-order valence-electron chi connectivity index (χ1n) is 13.1. The lowest BCUT2D eigenvalue weighted by Crippen LogP contribution is -2.40. The first-order chi connectivity index (χ1) is 17.6. The molecule has 1 atom stereocenters. The lowest BCUT2D eigenvalue weighted by molar-refractivity contribution is -0.141. The molecule has 1 aliphatic rings. The van der Waals surface area contributed by atoms with Crippen LogP contribution in [-0.4, -0.2) is 66.4 Å². The Labute approximate surface area is 220 Å². The molecular formula is C29H41N3O5. The van der Waals surface area contributed by atoms with Gasteiger partial charge < -0.3 is 19.5 Å². The number of aromatic hydroxyl groups is 1. The SMILES string of the molecule is COC(=O)C[C@H](CN(C)CCCCc1ccc2c(n1)N(C(=O)OC(C)(C)C)CCC2)c1cccc(O)c1. The van der Waals surface area contributed by atoms with Gasteiger partial charge in [0.05, 0.1) is 13.5 Å². The van der Waals surface area contributed by atoms with Crippen molar-refractivity contribution in [3.8, 4) is 5.75 Å². The van der Waals surface area contributed by atoms with Gasteiger partial charge in [-0.3, -0.25) is 9.69 Å². The fraction of sp³-hybridized carbons (Fsp3) is 0.552. The summed E-state index contributed by atoms with van der Waals surface area (Å²) < 4.78 is 10.5. The van der Waals surface area contributed by atoms with Crippen molar-refractivity contribution in [3.63, 3.8) is 0 Å². The Morgan fingerprint density at radius 3 is 2.68 bits per heavy atom. The standard InChI is InChI=1S/C29H41N3O5/c1-29(2,3)37-28(35)32-17-9-11-21-14-15-24(30-27(21)32)12-6-7-16-31(4)20-23(19-26(34)36-5)22-10-8-13-25(33)18-22/h8,10,13-15,18,23,33H,6-7,9,11-12,16-17,19-20H2,1-5H3/t23-/m1/s1. The molecular weight excluding hydrogens is 470 g/mol. The predicted molar refractivity (Wildman–Crippen MR) is 144 cm³/mol. The number of likely N-dealkylation sites (N-methyl/N-ethyl adjacent to an activating group) is 1. The third-order valence-corrected chi connectivity index (χ3v) is 6.45. The second-order valence-corrected chi connectivity index (χ2v) is 10.8. The number of rotatable bonds is 10. The average Bonchev–Trinajstić information content (AvgIpc) is 2.84. The summed E-state index contributed by atoms with van der Waals surface area (Å²) in [5.74, 6) is 0.594. The number of amides is 1. The van der Waals surface area contributed by atoms with Gasteiger partial charge in [-0.25, -0.2) is 9.78 Å². The highest BCUT2D eigenvalue weighted by atomic mass is 16.6. The highest BCUT2D eigenvalue weighted by Gasteiger charge is 2.28. The van der Waals surface area contributed by atoms with Gasteiger partial charge in [-0.1, -0.05) is 18.2 Å². The number of phenols is 1. The quantitative estimate of drug-likeness (QED) is 0.351. The van der Waals surface area contributed by atoms with E-state index >= 15 is 0 Å². The van der Waals surface area contributed by atoms with E-state index in [1.54, 1.807) is 23.1 Å². The number of methoxy groups -OCH3 is 1. The first-order valence-corrected chi connectivity index (χ1v) is 13.1. The van der Waals surface area contributed by atoms with Gasteiger partial charge in [0.2, 0.25) is 0 Å². The van der Waals surface area contributed by atoms with Crippen LogP contribution < -0.4 is 4.90 Å². The van der Waals surface area contributed by atoms with E-state index in [1.165, 1.54) is 7.11 Å². The van der Waals surface area contributed by atoms with Crippen LogP contribution in [-0.2, 0) is 27.1 Å². The number of phenolic OH excluding ortho intramolecular Hbond substituents is 1. The molecule has 0 radical (unpaired) electrons. The molecule has 8 nitrogen and oxygen atoms in total. The number of hydrogen-bond donors (Lipinski definition) is 1.